The van der Waals surface area contributed by atoms with Gasteiger partial charge in [-0.1, -0.05) is 149 Å². The van der Waals surface area contributed by atoms with Gasteiger partial charge in [-0.3, -0.25) is 0 Å². The Bertz CT molecular complexity index is 2950. The molecule has 0 amide bonds. The molecule has 0 aromatic heterocycles. The van der Waals surface area contributed by atoms with Crippen molar-refractivity contribution in [3.63, 3.8) is 0 Å². The highest BCUT2D eigenvalue weighted by atomic mass is 16.4. The second-order valence-electron chi connectivity index (χ2n) is 15.8. The zero-order chi connectivity index (χ0) is 43.2. The van der Waals surface area contributed by atoms with Gasteiger partial charge < -0.3 is 30.4 Å². The van der Waals surface area contributed by atoms with E-state index in [1.807, 2.05) is 38.1 Å². The molecular formula is C55H49NO5. The summed E-state index contributed by atoms with van der Waals surface area (Å²) in [6.07, 6.45) is 4.31. The number of fused-ring (bicyclic) bond motifs is 4. The number of phenols is 5. The first-order chi connectivity index (χ1) is 29.5. The van der Waals surface area contributed by atoms with E-state index in [4.69, 9.17) is 0 Å². The Morgan fingerprint density at radius 1 is 0.475 bits per heavy atom. The van der Waals surface area contributed by atoms with Crippen LogP contribution in [0.5, 0.6) is 28.7 Å². The summed E-state index contributed by atoms with van der Waals surface area (Å²) in [7, 11) is 0. The summed E-state index contributed by atoms with van der Waals surface area (Å²) in [6, 6.07) is 50.7. The van der Waals surface area contributed by atoms with Crippen LogP contribution in [-0.4, -0.2) is 25.5 Å². The van der Waals surface area contributed by atoms with E-state index in [0.29, 0.717) is 5.56 Å². The van der Waals surface area contributed by atoms with Gasteiger partial charge in [0.15, 0.2) is 11.5 Å². The van der Waals surface area contributed by atoms with E-state index in [0.717, 1.165) is 50.1 Å². The molecule has 0 fully saturated rings. The van der Waals surface area contributed by atoms with Gasteiger partial charge in [0.05, 0.1) is 11.3 Å². The summed E-state index contributed by atoms with van der Waals surface area (Å²) < 4.78 is 0. The van der Waals surface area contributed by atoms with Crippen molar-refractivity contribution < 1.29 is 25.5 Å². The molecule has 5 N–H and O–H groups in total. The molecule has 0 heterocycles. The van der Waals surface area contributed by atoms with Gasteiger partial charge in [-0.05, 0) is 117 Å². The number of rotatable bonds is 7. The third-order valence-electron chi connectivity index (χ3n) is 11.9. The van der Waals surface area contributed by atoms with E-state index in [1.165, 1.54) is 33.4 Å². The Hall–Kier alpha value is -7.44. The number of allylic oxidation sites excluding steroid dienone is 1. The van der Waals surface area contributed by atoms with Crippen LogP contribution in [0.3, 0.4) is 0 Å². The third-order valence-corrected chi connectivity index (χ3v) is 11.9. The van der Waals surface area contributed by atoms with Crippen molar-refractivity contribution >= 4 is 33.9 Å². The molecule has 0 radical (unpaired) electrons. The minimum atomic E-state index is -0.984. The number of aromatic hydroxyl groups is 5. The highest BCUT2D eigenvalue weighted by Crippen LogP contribution is 2.55. The highest BCUT2D eigenvalue weighted by molar-refractivity contribution is 5.94. The van der Waals surface area contributed by atoms with Crippen LogP contribution >= 0.6 is 0 Å². The number of anilines is 3. The molecule has 0 unspecified atom stereocenters. The van der Waals surface area contributed by atoms with E-state index in [-0.39, 0.29) is 11.0 Å². The predicted octanol–water partition coefficient (Wildman–Crippen LogP) is 14.5. The van der Waals surface area contributed by atoms with Crippen LogP contribution in [0, 0.1) is 6.92 Å². The second kappa shape index (κ2) is 16.0. The molecular weight excluding hydrogens is 755 g/mol. The van der Waals surface area contributed by atoms with Crippen LogP contribution < -0.4 is 4.90 Å². The SMILES string of the molecule is C/C=C\c1c(C)cccc1N(c1ccc2c(c1)C(C)(C)c1ccccc1-2)c1ccc2cc(-c3ccc(-c4ccc(-c5c(O)c(O)c(O)c(O)c5O)cc4)cc3)ccc2c1.CC. The van der Waals surface area contributed by atoms with Crippen molar-refractivity contribution in [3.8, 4) is 73.3 Å². The number of phenolic OH excluding ortho intramolecular Hbond substituents is 5. The number of aryl methyl sites for hydroxylation is 1. The first kappa shape index (κ1) is 40.3. The minimum Gasteiger partial charge on any atom is -0.504 e. The fourth-order valence-corrected chi connectivity index (χ4v) is 8.70. The topological polar surface area (TPSA) is 104 Å². The lowest BCUT2D eigenvalue weighted by molar-refractivity contribution is 0.330. The van der Waals surface area contributed by atoms with E-state index in [2.05, 4.69) is 154 Å². The van der Waals surface area contributed by atoms with Gasteiger partial charge in [-0.15, -0.1) is 0 Å². The van der Waals surface area contributed by atoms with Gasteiger partial charge in [-0.25, -0.2) is 0 Å². The molecule has 9 rings (SSSR count). The first-order valence-corrected chi connectivity index (χ1v) is 20.7. The van der Waals surface area contributed by atoms with Gasteiger partial charge in [-0.2, -0.15) is 0 Å². The summed E-state index contributed by atoms with van der Waals surface area (Å²) in [5, 5.41) is 52.8. The Morgan fingerprint density at radius 2 is 0.984 bits per heavy atom. The molecule has 0 spiro atoms. The van der Waals surface area contributed by atoms with Gasteiger partial charge >= 0.3 is 0 Å². The average Bonchev–Trinajstić information content (AvgIpc) is 3.52. The maximum atomic E-state index is 10.4. The van der Waals surface area contributed by atoms with E-state index in [9.17, 15) is 25.5 Å². The van der Waals surface area contributed by atoms with Gasteiger partial charge in [0.25, 0.3) is 0 Å². The zero-order valence-electron chi connectivity index (χ0n) is 35.2. The normalized spacial score (nSPS) is 12.5. The van der Waals surface area contributed by atoms with Gasteiger partial charge in [0.2, 0.25) is 17.2 Å². The largest absolute Gasteiger partial charge is 0.504 e. The monoisotopic (exact) mass is 803 g/mol. The molecule has 1 aliphatic carbocycles. The fraction of sp³-hybridized carbons (Fsp3) is 0.127. The number of nitrogens with zero attached hydrogens (tertiary/aromatic N) is 1. The molecule has 6 heteroatoms. The van der Waals surface area contributed by atoms with E-state index in [1.54, 1.807) is 12.1 Å². The van der Waals surface area contributed by atoms with Crippen molar-refractivity contribution in [3.05, 3.63) is 174 Å². The molecule has 0 bridgehead atoms. The van der Waals surface area contributed by atoms with Crippen LogP contribution in [0.2, 0.25) is 0 Å². The van der Waals surface area contributed by atoms with E-state index >= 15 is 0 Å². The standard InChI is InChI=1S/C53H43NO5.C2H6/c1-5-9-41-31(2)10-8-13-46(41)54(40-26-27-43-42-11-6-7-12-44(42)53(3,4)45(43)30-40)39-25-24-37-28-36(22-23-38(37)29-39)34-16-14-32(15-17-34)33-18-20-35(21-19-33)47-48(55)50(57)52(59)51(58)49(47)56;1-2/h5-30,55-59H,1-4H3;1-2H3/b9-5-;. The molecule has 8 aromatic carbocycles. The van der Waals surface area contributed by atoms with Crippen LogP contribution in [0.25, 0.3) is 61.4 Å². The quantitative estimate of drug-likeness (QED) is 0.0812. The molecule has 61 heavy (non-hydrogen) atoms. The van der Waals surface area contributed by atoms with Crippen molar-refractivity contribution in [2.24, 2.45) is 0 Å². The summed E-state index contributed by atoms with van der Waals surface area (Å²) in [5.41, 5.74) is 15.1. The fourth-order valence-electron chi connectivity index (χ4n) is 8.70. The Morgan fingerprint density at radius 3 is 1.64 bits per heavy atom. The lowest BCUT2D eigenvalue weighted by Gasteiger charge is -2.30. The molecule has 1 aliphatic rings. The molecule has 6 nitrogen and oxygen atoms in total. The van der Waals surface area contributed by atoms with Gasteiger partial charge in [0.1, 0.15) is 0 Å². The Balaban J connectivity index is 0.00000253. The third kappa shape index (κ3) is 6.90. The first-order valence-electron chi connectivity index (χ1n) is 20.7. The average molecular weight is 804 g/mol. The van der Waals surface area contributed by atoms with Crippen molar-refractivity contribution in [2.75, 3.05) is 4.90 Å². The van der Waals surface area contributed by atoms with Crippen molar-refractivity contribution in [2.45, 2.75) is 47.0 Å². The molecule has 0 aliphatic heterocycles. The molecule has 8 aromatic rings. The Labute approximate surface area is 357 Å². The lowest BCUT2D eigenvalue weighted by Crippen LogP contribution is -2.17. The zero-order valence-corrected chi connectivity index (χ0v) is 35.2. The summed E-state index contributed by atoms with van der Waals surface area (Å²) >= 11 is 0. The maximum Gasteiger partial charge on any atom is 0.208 e. The Kier molecular flexibility index (Phi) is 10.6. The number of hydrogen-bond acceptors (Lipinski definition) is 6. The number of hydrogen-bond donors (Lipinski definition) is 5. The molecule has 0 atom stereocenters. The van der Waals surface area contributed by atoms with Crippen LogP contribution in [0.15, 0.2) is 152 Å². The minimum absolute atomic E-state index is 0.128. The van der Waals surface area contributed by atoms with Crippen LogP contribution in [0.1, 0.15) is 56.9 Å². The van der Waals surface area contributed by atoms with Crippen molar-refractivity contribution in [1.82, 2.24) is 0 Å². The summed E-state index contributed by atoms with van der Waals surface area (Å²) in [6.45, 7) is 12.9. The predicted molar refractivity (Wildman–Crippen MR) is 252 cm³/mol. The van der Waals surface area contributed by atoms with Crippen LogP contribution in [0.4, 0.5) is 17.1 Å². The second-order valence-corrected chi connectivity index (χ2v) is 15.8. The summed E-state index contributed by atoms with van der Waals surface area (Å²) in [5.74, 6) is -4.24. The molecule has 0 saturated carbocycles. The van der Waals surface area contributed by atoms with E-state index < -0.39 is 28.7 Å². The smallest absolute Gasteiger partial charge is 0.208 e. The maximum absolute atomic E-state index is 10.4. The van der Waals surface area contributed by atoms with Crippen LogP contribution in [-0.2, 0) is 5.41 Å². The molecule has 304 valence electrons. The lowest BCUT2D eigenvalue weighted by atomic mass is 9.82. The number of benzene rings is 8. The molecule has 0 saturated heterocycles. The van der Waals surface area contributed by atoms with Gasteiger partial charge in [0, 0.05) is 22.4 Å². The highest BCUT2D eigenvalue weighted by Gasteiger charge is 2.36. The van der Waals surface area contributed by atoms with Crippen molar-refractivity contribution in [1.29, 1.82) is 0 Å². The summed E-state index contributed by atoms with van der Waals surface area (Å²) in [4.78, 5) is 2.39.